The predicted molar refractivity (Wildman–Crippen MR) is 99.9 cm³/mol. The van der Waals surface area contributed by atoms with E-state index in [1.807, 2.05) is 19.1 Å². The van der Waals surface area contributed by atoms with E-state index in [1.54, 1.807) is 24.3 Å². The molecule has 1 fully saturated rings. The third kappa shape index (κ3) is 4.91. The van der Waals surface area contributed by atoms with Gasteiger partial charge in [-0.15, -0.1) is 0 Å². The van der Waals surface area contributed by atoms with E-state index in [0.29, 0.717) is 15.0 Å². The van der Waals surface area contributed by atoms with Crippen molar-refractivity contribution in [2.24, 2.45) is 0 Å². The molecule has 1 saturated heterocycles. The van der Waals surface area contributed by atoms with Gasteiger partial charge in [-0.2, -0.15) is 0 Å². The minimum absolute atomic E-state index is 0.202. The number of thiocarbonyl (C=S) groups is 1. The van der Waals surface area contributed by atoms with Crippen LogP contribution in [0, 0.1) is 0 Å². The summed E-state index contributed by atoms with van der Waals surface area (Å²) in [5.41, 5.74) is 1.49. The lowest BCUT2D eigenvalue weighted by molar-refractivity contribution is -0.170. The monoisotopic (exact) mass is 379 g/mol. The lowest BCUT2D eigenvalue weighted by Gasteiger charge is -2.16. The number of amides is 1. The zero-order chi connectivity index (χ0) is 18.4. The van der Waals surface area contributed by atoms with Crippen molar-refractivity contribution >= 4 is 46.3 Å². The summed E-state index contributed by atoms with van der Waals surface area (Å²) in [6.07, 6.45) is 2.42. The first-order chi connectivity index (χ1) is 12.0. The molecular weight excluding hydrogens is 362 g/mol. The van der Waals surface area contributed by atoms with E-state index in [-0.39, 0.29) is 5.91 Å². The van der Waals surface area contributed by atoms with E-state index in [9.17, 15) is 9.59 Å². The Labute approximate surface area is 155 Å². The first-order valence-corrected chi connectivity index (χ1v) is 8.47. The minimum atomic E-state index is -1.16. The summed E-state index contributed by atoms with van der Waals surface area (Å²) < 4.78 is 15.6. The van der Waals surface area contributed by atoms with E-state index < -0.39 is 12.3 Å². The molecule has 0 radical (unpaired) electrons. The average molecular weight is 379 g/mol. The Morgan fingerprint density at radius 3 is 2.64 bits per heavy atom. The second kappa shape index (κ2) is 8.80. The fourth-order valence-electron chi connectivity index (χ4n) is 1.99. The van der Waals surface area contributed by atoms with Crippen molar-refractivity contribution in [3.05, 3.63) is 46.4 Å². The molecular formula is C17H17NO5S2. The maximum Gasteiger partial charge on any atom is 0.376 e. The number of para-hydroxylation sites is 1. The van der Waals surface area contributed by atoms with Crippen LogP contribution >= 0.6 is 24.0 Å². The molecule has 1 unspecified atom stereocenters. The van der Waals surface area contributed by atoms with Gasteiger partial charge in [0.1, 0.15) is 10.1 Å². The second-order valence-corrected chi connectivity index (χ2v) is 6.62. The third-order valence-electron chi connectivity index (χ3n) is 3.25. The summed E-state index contributed by atoms with van der Waals surface area (Å²) in [6.45, 7) is 1.82. The molecule has 1 aromatic rings. The van der Waals surface area contributed by atoms with E-state index in [4.69, 9.17) is 21.7 Å². The van der Waals surface area contributed by atoms with Gasteiger partial charge < -0.3 is 19.5 Å². The number of carbonyl (C=O) groups is 2. The molecule has 25 heavy (non-hydrogen) atoms. The predicted octanol–water partition coefficient (Wildman–Crippen LogP) is 2.65. The second-order valence-electron chi connectivity index (χ2n) is 4.94. The number of esters is 1. The van der Waals surface area contributed by atoms with Gasteiger partial charge in [-0.1, -0.05) is 54.3 Å². The number of benzene rings is 1. The van der Waals surface area contributed by atoms with Gasteiger partial charge in [0.05, 0.1) is 12.0 Å². The standard InChI is InChI=1S/C17H17NO5S2/c1-10(13-14(19)18-17(24)25-13)8-9-11-6-4-5-7-12(11)23-16(22-3)15(20)21-2/h4-9,16H,1-3H3,(H,18,19,24). The topological polar surface area (TPSA) is 73.9 Å². The molecule has 0 bridgehead atoms. The number of thioether (sulfide) groups is 1. The smallest absolute Gasteiger partial charge is 0.376 e. The molecule has 0 spiro atoms. The quantitative estimate of drug-likeness (QED) is 0.352. The van der Waals surface area contributed by atoms with E-state index >= 15 is 0 Å². The summed E-state index contributed by atoms with van der Waals surface area (Å²) in [5, 5.41) is 2.58. The van der Waals surface area contributed by atoms with Gasteiger partial charge in [0, 0.05) is 12.7 Å². The van der Waals surface area contributed by atoms with Crippen LogP contribution in [0.1, 0.15) is 12.5 Å². The van der Waals surface area contributed by atoms with Crippen LogP contribution in [0.15, 0.2) is 40.8 Å². The van der Waals surface area contributed by atoms with Crippen molar-refractivity contribution in [1.82, 2.24) is 5.32 Å². The van der Waals surface area contributed by atoms with Crippen molar-refractivity contribution in [2.45, 2.75) is 13.2 Å². The summed E-state index contributed by atoms with van der Waals surface area (Å²) in [4.78, 5) is 24.0. The van der Waals surface area contributed by atoms with Gasteiger partial charge in [-0.3, -0.25) is 4.79 Å². The number of nitrogens with one attached hydrogen (secondary N) is 1. The Morgan fingerprint density at radius 1 is 1.32 bits per heavy atom. The van der Waals surface area contributed by atoms with Crippen LogP contribution in [0.3, 0.4) is 0 Å². The summed E-state index contributed by atoms with van der Waals surface area (Å²) in [5.74, 6) is -0.383. The number of hydrogen-bond acceptors (Lipinski definition) is 7. The Morgan fingerprint density at radius 2 is 2.04 bits per heavy atom. The maximum absolute atomic E-state index is 11.8. The van der Waals surface area contributed by atoms with Crippen LogP contribution in [0.25, 0.3) is 6.08 Å². The fourth-order valence-corrected chi connectivity index (χ4v) is 3.04. The molecule has 1 amide bonds. The Bertz CT molecular complexity index is 757. The highest BCUT2D eigenvalue weighted by molar-refractivity contribution is 8.26. The zero-order valence-electron chi connectivity index (χ0n) is 13.9. The molecule has 1 N–H and O–H groups in total. The first kappa shape index (κ1) is 19.2. The molecule has 0 aliphatic carbocycles. The third-order valence-corrected chi connectivity index (χ3v) is 4.60. The van der Waals surface area contributed by atoms with E-state index in [1.165, 1.54) is 26.0 Å². The molecule has 1 heterocycles. The highest BCUT2D eigenvalue weighted by Gasteiger charge is 2.24. The summed E-state index contributed by atoms with van der Waals surface area (Å²) in [7, 11) is 2.61. The average Bonchev–Trinajstić information content (AvgIpc) is 2.96. The van der Waals surface area contributed by atoms with E-state index in [0.717, 1.165) is 11.1 Å². The molecule has 2 rings (SSSR count). The number of hydrogen-bond donors (Lipinski definition) is 1. The Balaban J connectivity index is 2.23. The summed E-state index contributed by atoms with van der Waals surface area (Å²) >= 11 is 6.21. The molecule has 1 aliphatic heterocycles. The summed E-state index contributed by atoms with van der Waals surface area (Å²) in [6, 6.07) is 7.14. The van der Waals surface area contributed by atoms with Crippen molar-refractivity contribution < 1.29 is 23.8 Å². The van der Waals surface area contributed by atoms with Gasteiger partial charge >= 0.3 is 5.97 Å². The van der Waals surface area contributed by atoms with Crippen molar-refractivity contribution in [2.75, 3.05) is 14.2 Å². The van der Waals surface area contributed by atoms with Gasteiger partial charge in [-0.25, -0.2) is 4.79 Å². The Kier molecular flexibility index (Phi) is 6.74. The van der Waals surface area contributed by atoms with Crippen LogP contribution in [-0.2, 0) is 19.1 Å². The van der Waals surface area contributed by atoms with Gasteiger partial charge in [0.2, 0.25) is 0 Å². The van der Waals surface area contributed by atoms with Crippen molar-refractivity contribution in [3.63, 3.8) is 0 Å². The van der Waals surface area contributed by atoms with Gasteiger partial charge in [0.25, 0.3) is 12.2 Å². The molecule has 8 heteroatoms. The van der Waals surface area contributed by atoms with E-state index in [2.05, 4.69) is 10.1 Å². The highest BCUT2D eigenvalue weighted by Crippen LogP contribution is 2.28. The number of ether oxygens (including phenoxy) is 3. The maximum atomic E-state index is 11.8. The van der Waals surface area contributed by atoms with Crippen molar-refractivity contribution in [1.29, 1.82) is 0 Å². The number of carbonyl (C=O) groups excluding carboxylic acids is 2. The lowest BCUT2D eigenvalue weighted by atomic mass is 10.1. The van der Waals surface area contributed by atoms with Crippen LogP contribution in [0.2, 0.25) is 0 Å². The highest BCUT2D eigenvalue weighted by atomic mass is 32.2. The Hall–Kier alpha value is -2.16. The van der Waals surface area contributed by atoms with Gasteiger partial charge in [-0.05, 0) is 18.6 Å². The number of allylic oxidation sites excluding steroid dienone is 2. The molecule has 1 aliphatic rings. The number of methoxy groups -OCH3 is 2. The minimum Gasteiger partial charge on any atom is -0.464 e. The SMILES string of the molecule is COC(=O)C(OC)Oc1ccccc1C=CC(C)=C1SC(=S)NC1=O. The lowest BCUT2D eigenvalue weighted by Crippen LogP contribution is -2.30. The molecule has 0 aromatic heterocycles. The van der Waals surface area contributed by atoms with Crippen LogP contribution in [-0.4, -0.2) is 36.7 Å². The fraction of sp³-hybridized carbons (Fsp3) is 0.235. The molecule has 1 aromatic carbocycles. The number of rotatable bonds is 6. The molecule has 6 nitrogen and oxygen atoms in total. The normalized spacial score (nSPS) is 17.4. The van der Waals surface area contributed by atoms with Crippen LogP contribution in [0.5, 0.6) is 5.75 Å². The van der Waals surface area contributed by atoms with Gasteiger partial charge in [0.15, 0.2) is 0 Å². The van der Waals surface area contributed by atoms with Crippen molar-refractivity contribution in [3.8, 4) is 5.75 Å². The zero-order valence-corrected chi connectivity index (χ0v) is 15.5. The van der Waals surface area contributed by atoms with Crippen LogP contribution < -0.4 is 10.1 Å². The molecule has 1 atom stereocenters. The largest absolute Gasteiger partial charge is 0.464 e. The first-order valence-electron chi connectivity index (χ1n) is 7.24. The van der Waals surface area contributed by atoms with Crippen LogP contribution in [0.4, 0.5) is 0 Å². The molecule has 0 saturated carbocycles. The molecule has 132 valence electrons.